The Bertz CT molecular complexity index is 415. The van der Waals surface area contributed by atoms with E-state index in [4.69, 9.17) is 11.6 Å². The van der Waals surface area contributed by atoms with E-state index < -0.39 is 0 Å². The monoisotopic (exact) mass is 267 g/mol. The van der Waals surface area contributed by atoms with E-state index >= 15 is 0 Å². The molecule has 1 aromatic heterocycles. The third-order valence-electron chi connectivity index (χ3n) is 3.04. The van der Waals surface area contributed by atoms with Gasteiger partial charge in [0.2, 0.25) is 0 Å². The van der Waals surface area contributed by atoms with Crippen LogP contribution < -0.4 is 0 Å². The van der Waals surface area contributed by atoms with Crippen LogP contribution in [0, 0.1) is 5.92 Å². The molecule has 1 saturated carbocycles. The summed E-state index contributed by atoms with van der Waals surface area (Å²) >= 11 is 5.68. The second-order valence-corrected chi connectivity index (χ2v) is 5.52. The number of nitrogens with zero attached hydrogens (tertiary/aromatic N) is 3. The van der Waals surface area contributed by atoms with Crippen LogP contribution >= 0.6 is 11.6 Å². The van der Waals surface area contributed by atoms with Gasteiger partial charge in [-0.2, -0.15) is 0 Å². The lowest BCUT2D eigenvalue weighted by Gasteiger charge is -2.22. The van der Waals surface area contributed by atoms with Gasteiger partial charge in [-0.15, -0.1) is 0 Å². The van der Waals surface area contributed by atoms with Crippen molar-refractivity contribution in [1.29, 1.82) is 0 Å². The third-order valence-corrected chi connectivity index (χ3v) is 3.23. The fourth-order valence-electron chi connectivity index (χ4n) is 1.80. The summed E-state index contributed by atoms with van der Waals surface area (Å²) in [6.07, 6.45) is 6.09. The Morgan fingerprint density at radius 3 is 2.67 bits per heavy atom. The number of hydrogen-bond donors (Lipinski definition) is 0. The predicted octanol–water partition coefficient (Wildman–Crippen LogP) is 2.78. The van der Waals surface area contributed by atoms with Crippen LogP contribution in [0.15, 0.2) is 12.4 Å². The van der Waals surface area contributed by atoms with E-state index in [1.165, 1.54) is 12.4 Å². The molecule has 1 heterocycles. The second kappa shape index (κ2) is 5.65. The zero-order valence-corrected chi connectivity index (χ0v) is 11.5. The molecule has 0 aliphatic heterocycles. The van der Waals surface area contributed by atoms with Crippen LogP contribution in [0.1, 0.15) is 43.6 Å². The van der Waals surface area contributed by atoms with Crippen molar-refractivity contribution >= 4 is 17.5 Å². The van der Waals surface area contributed by atoms with Gasteiger partial charge in [0.25, 0.3) is 5.91 Å². The normalized spacial score (nSPS) is 14.9. The maximum absolute atomic E-state index is 12.3. The molecule has 0 atom stereocenters. The van der Waals surface area contributed by atoms with Gasteiger partial charge in [-0.3, -0.25) is 4.79 Å². The van der Waals surface area contributed by atoms with Crippen molar-refractivity contribution in [3.05, 3.63) is 23.2 Å². The topological polar surface area (TPSA) is 46.1 Å². The summed E-state index contributed by atoms with van der Waals surface area (Å²) in [5, 5.41) is 0.312. The molecule has 0 radical (unpaired) electrons. The van der Waals surface area contributed by atoms with Gasteiger partial charge in [0.05, 0.1) is 12.4 Å². The molecule has 0 bridgehead atoms. The predicted molar refractivity (Wildman–Crippen MR) is 70.6 cm³/mol. The van der Waals surface area contributed by atoms with Gasteiger partial charge in [-0.05, 0) is 25.2 Å². The highest BCUT2D eigenvalue weighted by atomic mass is 35.5. The van der Waals surface area contributed by atoms with Gasteiger partial charge in [-0.1, -0.05) is 25.4 Å². The summed E-state index contributed by atoms with van der Waals surface area (Å²) < 4.78 is 0. The molecule has 0 spiro atoms. The van der Waals surface area contributed by atoms with E-state index in [1.54, 1.807) is 0 Å². The van der Waals surface area contributed by atoms with Gasteiger partial charge < -0.3 is 4.90 Å². The summed E-state index contributed by atoms with van der Waals surface area (Å²) in [6, 6.07) is 0.397. The molecule has 1 amide bonds. The van der Waals surface area contributed by atoms with Crippen molar-refractivity contribution in [2.24, 2.45) is 5.92 Å². The molecular formula is C13H18ClN3O. The maximum atomic E-state index is 12.3. The summed E-state index contributed by atoms with van der Waals surface area (Å²) in [7, 11) is 0. The quantitative estimate of drug-likeness (QED) is 0.824. The Morgan fingerprint density at radius 1 is 1.44 bits per heavy atom. The molecule has 0 unspecified atom stereocenters. The lowest BCUT2D eigenvalue weighted by Crippen LogP contribution is -2.35. The van der Waals surface area contributed by atoms with Crippen LogP contribution in [0.5, 0.6) is 0 Å². The Balaban J connectivity index is 2.05. The molecule has 98 valence electrons. The SMILES string of the molecule is CC(C)CCN(C(=O)c1cnc(Cl)cn1)C1CC1. The van der Waals surface area contributed by atoms with Crippen molar-refractivity contribution in [2.75, 3.05) is 6.54 Å². The average molecular weight is 268 g/mol. The first-order chi connectivity index (χ1) is 8.58. The molecular weight excluding hydrogens is 250 g/mol. The van der Waals surface area contributed by atoms with Crippen LogP contribution in [-0.4, -0.2) is 33.4 Å². The summed E-state index contributed by atoms with van der Waals surface area (Å²) in [4.78, 5) is 22.2. The molecule has 4 nitrogen and oxygen atoms in total. The van der Waals surface area contributed by atoms with Gasteiger partial charge >= 0.3 is 0 Å². The first-order valence-corrected chi connectivity index (χ1v) is 6.74. The molecule has 1 aromatic rings. The lowest BCUT2D eigenvalue weighted by atomic mass is 10.1. The van der Waals surface area contributed by atoms with Gasteiger partial charge in [0.15, 0.2) is 0 Å². The molecule has 5 heteroatoms. The number of carbonyl (C=O) groups excluding carboxylic acids is 1. The van der Waals surface area contributed by atoms with Crippen molar-refractivity contribution in [2.45, 2.75) is 39.2 Å². The lowest BCUT2D eigenvalue weighted by molar-refractivity contribution is 0.0729. The fraction of sp³-hybridized carbons (Fsp3) is 0.615. The van der Waals surface area contributed by atoms with Gasteiger partial charge in [0, 0.05) is 12.6 Å². The highest BCUT2D eigenvalue weighted by molar-refractivity contribution is 6.29. The summed E-state index contributed by atoms with van der Waals surface area (Å²) in [5.74, 6) is 0.567. The molecule has 1 aliphatic rings. The van der Waals surface area contributed by atoms with Crippen molar-refractivity contribution in [3.63, 3.8) is 0 Å². The number of aromatic nitrogens is 2. The molecule has 18 heavy (non-hydrogen) atoms. The van der Waals surface area contributed by atoms with Crippen LogP contribution in [0.3, 0.4) is 0 Å². The molecule has 0 aromatic carbocycles. The standard InChI is InChI=1S/C13H18ClN3O/c1-9(2)5-6-17(10-3-4-10)13(18)11-7-16-12(14)8-15-11/h7-10H,3-6H2,1-2H3. The van der Waals surface area contributed by atoms with E-state index in [1.807, 2.05) is 4.90 Å². The molecule has 0 N–H and O–H groups in total. The second-order valence-electron chi connectivity index (χ2n) is 5.14. The first kappa shape index (κ1) is 13.3. The first-order valence-electron chi connectivity index (χ1n) is 6.36. The van der Waals surface area contributed by atoms with Gasteiger partial charge in [0.1, 0.15) is 10.8 Å². The van der Waals surface area contributed by atoms with Gasteiger partial charge in [-0.25, -0.2) is 9.97 Å². The maximum Gasteiger partial charge on any atom is 0.274 e. The minimum Gasteiger partial charge on any atom is -0.334 e. The Hall–Kier alpha value is -1.16. The van der Waals surface area contributed by atoms with Crippen LogP contribution in [0.2, 0.25) is 5.15 Å². The van der Waals surface area contributed by atoms with E-state index in [0.29, 0.717) is 22.8 Å². The average Bonchev–Trinajstić information content (AvgIpc) is 3.14. The minimum atomic E-state index is -0.0256. The number of amides is 1. The van der Waals surface area contributed by atoms with E-state index in [9.17, 15) is 4.79 Å². The van der Waals surface area contributed by atoms with E-state index in [2.05, 4.69) is 23.8 Å². The van der Waals surface area contributed by atoms with E-state index in [0.717, 1.165) is 25.8 Å². The van der Waals surface area contributed by atoms with Crippen molar-refractivity contribution < 1.29 is 4.79 Å². The fourth-order valence-corrected chi connectivity index (χ4v) is 1.90. The summed E-state index contributed by atoms with van der Waals surface area (Å²) in [6.45, 7) is 5.13. The van der Waals surface area contributed by atoms with Crippen molar-refractivity contribution in [3.8, 4) is 0 Å². The summed E-state index contributed by atoms with van der Waals surface area (Å²) in [5.41, 5.74) is 0.384. The number of halogens is 1. The van der Waals surface area contributed by atoms with Crippen molar-refractivity contribution in [1.82, 2.24) is 14.9 Å². The zero-order chi connectivity index (χ0) is 13.1. The van der Waals surface area contributed by atoms with Crippen LogP contribution in [0.25, 0.3) is 0 Å². The number of carbonyl (C=O) groups is 1. The third kappa shape index (κ3) is 3.42. The van der Waals surface area contributed by atoms with Crippen LogP contribution in [0.4, 0.5) is 0 Å². The molecule has 1 aliphatic carbocycles. The highest BCUT2D eigenvalue weighted by Crippen LogP contribution is 2.28. The molecule has 0 saturated heterocycles. The highest BCUT2D eigenvalue weighted by Gasteiger charge is 2.33. The Morgan fingerprint density at radius 2 is 2.17 bits per heavy atom. The van der Waals surface area contributed by atoms with E-state index in [-0.39, 0.29) is 5.91 Å². The number of hydrogen-bond acceptors (Lipinski definition) is 3. The molecule has 2 rings (SSSR count). The largest absolute Gasteiger partial charge is 0.334 e. The Kier molecular flexibility index (Phi) is 4.17. The van der Waals surface area contributed by atoms with Crippen LogP contribution in [-0.2, 0) is 0 Å². The smallest absolute Gasteiger partial charge is 0.274 e. The Labute approximate surface area is 112 Å². The number of rotatable bonds is 5. The zero-order valence-electron chi connectivity index (χ0n) is 10.8. The minimum absolute atomic E-state index is 0.0256. The molecule has 1 fully saturated rings.